The summed E-state index contributed by atoms with van der Waals surface area (Å²) in [5.74, 6) is 1.12. The summed E-state index contributed by atoms with van der Waals surface area (Å²) < 4.78 is 4.73. The maximum atomic E-state index is 4.51. The lowest BCUT2D eigenvalue weighted by Gasteiger charge is -2.13. The van der Waals surface area contributed by atoms with E-state index in [2.05, 4.69) is 139 Å². The third-order valence-electron chi connectivity index (χ3n) is 7.43. The fourth-order valence-electron chi connectivity index (χ4n) is 5.24. The van der Waals surface area contributed by atoms with Gasteiger partial charge < -0.3 is 0 Å². The van der Waals surface area contributed by atoms with Crippen LogP contribution in [0.25, 0.3) is 50.4 Å². The number of nitrogens with zero attached hydrogens (tertiary/aromatic N) is 3. The van der Waals surface area contributed by atoms with E-state index >= 15 is 0 Å². The van der Waals surface area contributed by atoms with Crippen molar-refractivity contribution < 1.29 is 4.57 Å². The van der Waals surface area contributed by atoms with Crippen molar-refractivity contribution in [1.29, 1.82) is 0 Å². The molecule has 3 nitrogen and oxygen atoms in total. The highest BCUT2D eigenvalue weighted by atomic mass is 15.2. The van der Waals surface area contributed by atoms with E-state index in [0.717, 1.165) is 17.1 Å². The lowest BCUT2D eigenvalue weighted by atomic mass is 9.97. The Bertz CT molecular complexity index is 1750. The Hall–Kier alpha value is -4.50. The molecule has 6 rings (SSSR count). The van der Waals surface area contributed by atoms with E-state index in [9.17, 15) is 0 Å². The van der Waals surface area contributed by atoms with Crippen LogP contribution in [0.1, 0.15) is 16.7 Å². The molecule has 0 saturated heterocycles. The molecule has 0 aliphatic carbocycles. The highest BCUT2D eigenvalue weighted by Gasteiger charge is 2.29. The second kappa shape index (κ2) is 9.18. The molecule has 0 radical (unpaired) electrons. The second-order valence-electron chi connectivity index (χ2n) is 9.80. The summed E-state index contributed by atoms with van der Waals surface area (Å²) in [7, 11) is 2.16. The first kappa shape index (κ1) is 22.9. The molecular formula is C34H30N3+. The zero-order valence-corrected chi connectivity index (χ0v) is 21.7. The van der Waals surface area contributed by atoms with E-state index < -0.39 is 0 Å². The molecule has 0 fully saturated rings. The Morgan fingerprint density at radius 2 is 1.30 bits per heavy atom. The molecule has 0 unspecified atom stereocenters. The van der Waals surface area contributed by atoms with Gasteiger partial charge in [-0.2, -0.15) is 4.57 Å². The van der Waals surface area contributed by atoms with Crippen molar-refractivity contribution in [1.82, 2.24) is 9.55 Å². The Balaban J connectivity index is 1.74. The molecule has 2 aromatic heterocycles. The number of pyridine rings is 1. The van der Waals surface area contributed by atoms with Gasteiger partial charge in [0, 0.05) is 18.0 Å². The summed E-state index contributed by atoms with van der Waals surface area (Å²) >= 11 is 0. The Morgan fingerprint density at radius 3 is 2.00 bits per heavy atom. The summed E-state index contributed by atoms with van der Waals surface area (Å²) in [4.78, 5) is 4.51. The molecule has 37 heavy (non-hydrogen) atoms. The number of aryl methyl sites for hydroxylation is 4. The summed E-state index contributed by atoms with van der Waals surface area (Å²) in [6.07, 6.45) is 3.85. The van der Waals surface area contributed by atoms with Gasteiger partial charge in [-0.15, -0.1) is 0 Å². The zero-order chi connectivity index (χ0) is 25.5. The molecule has 0 spiro atoms. The third-order valence-corrected chi connectivity index (χ3v) is 7.43. The summed E-state index contributed by atoms with van der Waals surface area (Å²) in [5, 5.41) is 0. The van der Waals surface area contributed by atoms with E-state index in [0.29, 0.717) is 0 Å². The van der Waals surface area contributed by atoms with Crippen LogP contribution in [0.15, 0.2) is 109 Å². The average molecular weight is 481 g/mol. The largest absolute Gasteiger partial charge is 0.296 e. The van der Waals surface area contributed by atoms with Gasteiger partial charge in [-0.05, 0) is 84.5 Å². The van der Waals surface area contributed by atoms with Gasteiger partial charge in [0.1, 0.15) is 5.69 Å². The first-order chi connectivity index (χ1) is 18.0. The van der Waals surface area contributed by atoms with Gasteiger partial charge in [0.2, 0.25) is 0 Å². The summed E-state index contributed by atoms with van der Waals surface area (Å²) in [6, 6.07) is 34.8. The van der Waals surface area contributed by atoms with Gasteiger partial charge in [-0.25, -0.2) is 4.57 Å². The fourth-order valence-corrected chi connectivity index (χ4v) is 5.24. The molecule has 0 aliphatic rings. The standard InChI is InChI=1S/C34H30N3/c1-23-17-18-35-22-30(23)34-36(4)32-19-24(2)25(3)20-33(32)37(34)31-16-15-28(26-11-7-5-8-12-26)21-29(31)27-13-9-6-10-14-27/h5-22H,1-4H3/q+1. The minimum Gasteiger partial charge on any atom is -0.264 e. The van der Waals surface area contributed by atoms with Gasteiger partial charge in [0.15, 0.2) is 11.0 Å². The van der Waals surface area contributed by atoms with Crippen LogP contribution >= 0.6 is 0 Å². The lowest BCUT2D eigenvalue weighted by Crippen LogP contribution is -2.30. The van der Waals surface area contributed by atoms with Gasteiger partial charge in [0.25, 0.3) is 5.82 Å². The Kier molecular flexibility index (Phi) is 5.69. The monoisotopic (exact) mass is 480 g/mol. The fraction of sp³-hybridized carbons (Fsp3) is 0.118. The quantitative estimate of drug-likeness (QED) is 0.236. The van der Waals surface area contributed by atoms with Crippen LogP contribution in [0.4, 0.5) is 0 Å². The molecule has 0 N–H and O–H groups in total. The molecule has 6 aromatic rings. The molecular weight excluding hydrogens is 450 g/mol. The third kappa shape index (κ3) is 3.93. The molecule has 0 saturated carbocycles. The molecule has 3 heteroatoms. The van der Waals surface area contributed by atoms with Crippen molar-refractivity contribution >= 4 is 11.0 Å². The summed E-state index contributed by atoms with van der Waals surface area (Å²) in [6.45, 7) is 6.54. The molecule has 180 valence electrons. The normalized spacial score (nSPS) is 11.2. The topological polar surface area (TPSA) is 21.7 Å². The van der Waals surface area contributed by atoms with E-state index in [1.807, 2.05) is 12.4 Å². The minimum atomic E-state index is 1.12. The van der Waals surface area contributed by atoms with Crippen molar-refractivity contribution in [3.8, 4) is 39.3 Å². The average Bonchev–Trinajstić information content (AvgIpc) is 3.20. The zero-order valence-electron chi connectivity index (χ0n) is 21.7. The predicted octanol–water partition coefficient (Wildman–Crippen LogP) is 7.78. The van der Waals surface area contributed by atoms with Crippen LogP contribution in [0, 0.1) is 20.8 Å². The SMILES string of the molecule is Cc1cc2c(cc1C)[n+](C)c(-c1cnccc1C)n2-c1ccc(-c2ccccc2)cc1-c1ccccc1. The molecule has 2 heterocycles. The Labute approximate surface area is 218 Å². The Morgan fingerprint density at radius 1 is 0.622 bits per heavy atom. The van der Waals surface area contributed by atoms with E-state index in [1.54, 1.807) is 0 Å². The van der Waals surface area contributed by atoms with Crippen LogP contribution in [-0.2, 0) is 7.05 Å². The lowest BCUT2D eigenvalue weighted by molar-refractivity contribution is -0.633. The molecule has 4 aromatic carbocycles. The predicted molar refractivity (Wildman–Crippen MR) is 153 cm³/mol. The molecule has 0 aliphatic heterocycles. The molecule has 0 atom stereocenters. The van der Waals surface area contributed by atoms with Crippen molar-refractivity contribution in [3.63, 3.8) is 0 Å². The number of aromatic nitrogens is 3. The summed E-state index contributed by atoms with van der Waals surface area (Å²) in [5.41, 5.74) is 13.2. The maximum absolute atomic E-state index is 4.51. The van der Waals surface area contributed by atoms with Crippen LogP contribution in [0.2, 0.25) is 0 Å². The van der Waals surface area contributed by atoms with E-state index in [1.165, 1.54) is 50.0 Å². The van der Waals surface area contributed by atoms with Gasteiger partial charge in [0.05, 0.1) is 12.6 Å². The van der Waals surface area contributed by atoms with Crippen LogP contribution in [0.5, 0.6) is 0 Å². The molecule has 0 bridgehead atoms. The number of hydrogen-bond acceptors (Lipinski definition) is 1. The first-order valence-electron chi connectivity index (χ1n) is 12.7. The number of hydrogen-bond donors (Lipinski definition) is 0. The maximum Gasteiger partial charge on any atom is 0.296 e. The van der Waals surface area contributed by atoms with Crippen LogP contribution in [-0.4, -0.2) is 9.55 Å². The van der Waals surface area contributed by atoms with E-state index in [-0.39, 0.29) is 0 Å². The van der Waals surface area contributed by atoms with E-state index in [4.69, 9.17) is 0 Å². The second-order valence-corrected chi connectivity index (χ2v) is 9.80. The molecule has 0 amide bonds. The number of imidazole rings is 1. The van der Waals surface area contributed by atoms with Gasteiger partial charge >= 0.3 is 0 Å². The van der Waals surface area contributed by atoms with Crippen LogP contribution in [0.3, 0.4) is 0 Å². The van der Waals surface area contributed by atoms with Crippen LogP contribution < -0.4 is 4.57 Å². The van der Waals surface area contributed by atoms with Crippen molar-refractivity contribution in [3.05, 3.63) is 126 Å². The van der Waals surface area contributed by atoms with Gasteiger partial charge in [-0.1, -0.05) is 66.7 Å². The van der Waals surface area contributed by atoms with Crippen molar-refractivity contribution in [2.45, 2.75) is 20.8 Å². The highest BCUT2D eigenvalue weighted by Crippen LogP contribution is 2.37. The van der Waals surface area contributed by atoms with Gasteiger partial charge in [-0.3, -0.25) is 4.98 Å². The number of rotatable bonds is 4. The van der Waals surface area contributed by atoms with Crippen molar-refractivity contribution in [2.24, 2.45) is 7.05 Å². The smallest absolute Gasteiger partial charge is 0.264 e. The van der Waals surface area contributed by atoms with Crippen molar-refractivity contribution in [2.75, 3.05) is 0 Å². The minimum absolute atomic E-state index is 1.12. The number of fused-ring (bicyclic) bond motifs is 1. The first-order valence-corrected chi connectivity index (χ1v) is 12.7. The number of benzene rings is 4. The highest BCUT2D eigenvalue weighted by molar-refractivity contribution is 5.86.